The Balaban J connectivity index is 1.73. The van der Waals surface area contributed by atoms with Crippen LogP contribution in [-0.4, -0.2) is 40.5 Å². The van der Waals surface area contributed by atoms with E-state index < -0.39 is 0 Å². The standard InChI is InChI=1S/C17H29N3OS/c1-13-7-5-6-10-15(13)20(14-8-3-2-4-9-14)17(21)19-16-18-11-12-22-16/h13-15H,2-12H2,1H3,(H,18,19,21). The van der Waals surface area contributed by atoms with E-state index in [1.165, 1.54) is 57.8 Å². The fraction of sp³-hybridized carbons (Fsp3) is 0.882. The monoisotopic (exact) mass is 323 g/mol. The molecule has 5 heteroatoms. The first kappa shape index (κ1) is 16.2. The van der Waals surface area contributed by atoms with Crippen LogP contribution < -0.4 is 5.32 Å². The largest absolute Gasteiger partial charge is 0.323 e. The molecular weight excluding hydrogens is 294 g/mol. The minimum atomic E-state index is 0.110. The number of thioether (sulfide) groups is 1. The van der Waals surface area contributed by atoms with Crippen molar-refractivity contribution >= 4 is 23.0 Å². The molecule has 4 nitrogen and oxygen atoms in total. The Labute approximate surface area is 138 Å². The lowest BCUT2D eigenvalue weighted by Crippen LogP contribution is -2.55. The zero-order valence-electron chi connectivity index (χ0n) is 13.7. The lowest BCUT2D eigenvalue weighted by atomic mass is 9.82. The summed E-state index contributed by atoms with van der Waals surface area (Å²) in [6, 6.07) is 0.967. The maximum Gasteiger partial charge on any atom is 0.323 e. The fourth-order valence-electron chi connectivity index (χ4n) is 4.22. The Morgan fingerprint density at radius 1 is 1.14 bits per heavy atom. The van der Waals surface area contributed by atoms with Gasteiger partial charge < -0.3 is 4.90 Å². The van der Waals surface area contributed by atoms with Crippen LogP contribution in [0.2, 0.25) is 0 Å². The minimum absolute atomic E-state index is 0.110. The number of aliphatic imine (C=N–C) groups is 1. The molecule has 3 rings (SSSR count). The van der Waals surface area contributed by atoms with E-state index in [1.807, 2.05) is 0 Å². The number of carbonyl (C=O) groups is 1. The summed E-state index contributed by atoms with van der Waals surface area (Å²) in [7, 11) is 0. The number of nitrogens with one attached hydrogen (secondary N) is 1. The Kier molecular flexibility index (Phi) is 5.66. The Hall–Kier alpha value is -0.710. The number of amides is 2. The van der Waals surface area contributed by atoms with Gasteiger partial charge in [0.15, 0.2) is 5.17 Å². The molecule has 0 bridgehead atoms. The summed E-state index contributed by atoms with van der Waals surface area (Å²) in [4.78, 5) is 19.6. The topological polar surface area (TPSA) is 44.7 Å². The van der Waals surface area contributed by atoms with Crippen LogP contribution >= 0.6 is 11.8 Å². The molecule has 0 aromatic carbocycles. The van der Waals surface area contributed by atoms with E-state index >= 15 is 0 Å². The van der Waals surface area contributed by atoms with Crippen LogP contribution in [0.15, 0.2) is 4.99 Å². The highest BCUT2D eigenvalue weighted by atomic mass is 32.2. The lowest BCUT2D eigenvalue weighted by Gasteiger charge is -2.44. The van der Waals surface area contributed by atoms with Crippen LogP contribution in [-0.2, 0) is 0 Å². The quantitative estimate of drug-likeness (QED) is 0.834. The van der Waals surface area contributed by atoms with Gasteiger partial charge in [0.05, 0.1) is 6.54 Å². The molecule has 2 aliphatic carbocycles. The van der Waals surface area contributed by atoms with Crippen molar-refractivity contribution < 1.29 is 4.79 Å². The van der Waals surface area contributed by atoms with Gasteiger partial charge in [0, 0.05) is 17.8 Å². The summed E-state index contributed by atoms with van der Waals surface area (Å²) >= 11 is 1.67. The number of carbonyl (C=O) groups excluding carboxylic acids is 1. The summed E-state index contributed by atoms with van der Waals surface area (Å²) in [5, 5.41) is 3.92. The van der Waals surface area contributed by atoms with Gasteiger partial charge in [-0.25, -0.2) is 4.79 Å². The molecule has 1 aliphatic heterocycles. The summed E-state index contributed by atoms with van der Waals surface area (Å²) in [5.74, 6) is 1.62. The zero-order chi connectivity index (χ0) is 15.4. The summed E-state index contributed by atoms with van der Waals surface area (Å²) in [6.45, 7) is 3.16. The molecule has 0 aromatic heterocycles. The van der Waals surface area contributed by atoms with Gasteiger partial charge in [-0.05, 0) is 31.6 Å². The van der Waals surface area contributed by atoms with Gasteiger partial charge in [-0.2, -0.15) is 0 Å². The first-order chi connectivity index (χ1) is 10.8. The first-order valence-corrected chi connectivity index (χ1v) is 10.0. The smallest absolute Gasteiger partial charge is 0.318 e. The normalized spacial score (nSPS) is 30.0. The van der Waals surface area contributed by atoms with Crippen LogP contribution in [0.1, 0.15) is 64.7 Å². The van der Waals surface area contributed by atoms with Crippen LogP contribution in [0.3, 0.4) is 0 Å². The van der Waals surface area contributed by atoms with Crippen LogP contribution in [0.5, 0.6) is 0 Å². The molecule has 0 spiro atoms. The van der Waals surface area contributed by atoms with Crippen molar-refractivity contribution in [2.24, 2.45) is 10.9 Å². The van der Waals surface area contributed by atoms with Crippen molar-refractivity contribution in [1.29, 1.82) is 0 Å². The number of hydrogen-bond donors (Lipinski definition) is 1. The molecule has 0 radical (unpaired) electrons. The van der Waals surface area contributed by atoms with Crippen molar-refractivity contribution in [1.82, 2.24) is 10.2 Å². The average molecular weight is 324 g/mol. The molecule has 2 saturated carbocycles. The average Bonchev–Trinajstić information content (AvgIpc) is 3.03. The van der Waals surface area contributed by atoms with Crippen LogP contribution in [0, 0.1) is 5.92 Å². The molecule has 124 valence electrons. The highest BCUT2D eigenvalue weighted by molar-refractivity contribution is 8.14. The molecular formula is C17H29N3OS. The van der Waals surface area contributed by atoms with Gasteiger partial charge in [-0.3, -0.25) is 10.3 Å². The predicted molar refractivity (Wildman–Crippen MR) is 93.4 cm³/mol. The molecule has 2 atom stereocenters. The third-order valence-electron chi connectivity index (χ3n) is 5.43. The molecule has 0 aromatic rings. The number of urea groups is 1. The van der Waals surface area contributed by atoms with Gasteiger partial charge in [0.25, 0.3) is 0 Å². The van der Waals surface area contributed by atoms with Gasteiger partial charge in [-0.1, -0.05) is 50.8 Å². The molecule has 1 heterocycles. The maximum absolute atomic E-state index is 13.0. The molecule has 2 unspecified atom stereocenters. The van der Waals surface area contributed by atoms with Gasteiger partial charge >= 0.3 is 6.03 Å². The molecule has 3 aliphatic rings. The molecule has 1 N–H and O–H groups in total. The van der Waals surface area contributed by atoms with E-state index in [0.29, 0.717) is 18.0 Å². The Morgan fingerprint density at radius 3 is 2.55 bits per heavy atom. The van der Waals surface area contributed by atoms with Gasteiger partial charge in [-0.15, -0.1) is 0 Å². The lowest BCUT2D eigenvalue weighted by molar-refractivity contribution is 0.0816. The fourth-order valence-corrected chi connectivity index (χ4v) is 4.94. The van der Waals surface area contributed by atoms with E-state index in [9.17, 15) is 4.79 Å². The Bertz CT molecular complexity index is 420. The number of nitrogens with zero attached hydrogens (tertiary/aromatic N) is 2. The van der Waals surface area contributed by atoms with E-state index in [0.717, 1.165) is 17.5 Å². The van der Waals surface area contributed by atoms with E-state index in [4.69, 9.17) is 0 Å². The minimum Gasteiger partial charge on any atom is -0.318 e. The van der Waals surface area contributed by atoms with Gasteiger partial charge in [0.2, 0.25) is 0 Å². The SMILES string of the molecule is CC1CCCCC1N(C(=O)NC1=NCCS1)C1CCCCC1. The number of hydrogen-bond acceptors (Lipinski definition) is 3. The van der Waals surface area contributed by atoms with Crippen molar-refractivity contribution in [3.63, 3.8) is 0 Å². The second-order valence-corrected chi connectivity index (χ2v) is 8.08. The predicted octanol–water partition coefficient (Wildman–Crippen LogP) is 4.01. The molecule has 2 fully saturated rings. The highest BCUT2D eigenvalue weighted by Gasteiger charge is 2.36. The third kappa shape index (κ3) is 3.79. The summed E-state index contributed by atoms with van der Waals surface area (Å²) < 4.78 is 0. The highest BCUT2D eigenvalue weighted by Crippen LogP contribution is 2.33. The summed E-state index contributed by atoms with van der Waals surface area (Å²) in [6.07, 6.45) is 11.2. The van der Waals surface area contributed by atoms with E-state index in [-0.39, 0.29) is 6.03 Å². The summed E-state index contributed by atoms with van der Waals surface area (Å²) in [5.41, 5.74) is 0. The second kappa shape index (κ2) is 7.71. The Morgan fingerprint density at radius 2 is 1.86 bits per heavy atom. The van der Waals surface area contributed by atoms with Crippen molar-refractivity contribution in [3.8, 4) is 0 Å². The van der Waals surface area contributed by atoms with Crippen molar-refractivity contribution in [2.45, 2.75) is 76.8 Å². The number of rotatable bonds is 2. The first-order valence-electron chi connectivity index (χ1n) is 9.02. The molecule has 2 amide bonds. The number of amidine groups is 1. The second-order valence-electron chi connectivity index (χ2n) is 6.99. The van der Waals surface area contributed by atoms with Crippen molar-refractivity contribution in [3.05, 3.63) is 0 Å². The van der Waals surface area contributed by atoms with Gasteiger partial charge in [0.1, 0.15) is 0 Å². The zero-order valence-corrected chi connectivity index (χ0v) is 14.5. The maximum atomic E-state index is 13.0. The third-order valence-corrected chi connectivity index (χ3v) is 6.32. The molecule has 22 heavy (non-hydrogen) atoms. The van der Waals surface area contributed by atoms with Crippen LogP contribution in [0.25, 0.3) is 0 Å². The van der Waals surface area contributed by atoms with Crippen LogP contribution in [0.4, 0.5) is 4.79 Å². The van der Waals surface area contributed by atoms with E-state index in [1.54, 1.807) is 11.8 Å². The van der Waals surface area contributed by atoms with E-state index in [2.05, 4.69) is 22.1 Å². The van der Waals surface area contributed by atoms with Crippen molar-refractivity contribution in [2.75, 3.05) is 12.3 Å². The molecule has 0 saturated heterocycles.